The van der Waals surface area contributed by atoms with Crippen LogP contribution in [0.15, 0.2) is 23.1 Å². The molecule has 0 bridgehead atoms. The Morgan fingerprint density at radius 1 is 1.50 bits per heavy atom. The number of aliphatic hydroxyl groups is 2. The number of aliphatic hydroxyl groups excluding tert-OH is 2. The number of benzene rings is 1. The van der Waals surface area contributed by atoms with Crippen LogP contribution in [0, 0.1) is 0 Å². The lowest BCUT2D eigenvalue weighted by atomic mass is 10.2. The van der Waals surface area contributed by atoms with E-state index in [1.807, 2.05) is 0 Å². The largest absolute Gasteiger partial charge is 0.397 e. The molecule has 16 heavy (non-hydrogen) atoms. The number of primary amides is 1. The molecule has 0 aromatic heterocycles. The molecule has 1 aromatic carbocycles. The van der Waals surface area contributed by atoms with E-state index in [-0.39, 0.29) is 12.2 Å². The number of carbonyl (C=O) groups is 1. The fraction of sp³-hybridized carbons (Fsp3) is 0.300. The summed E-state index contributed by atoms with van der Waals surface area (Å²) in [7, 11) is 0. The Balaban J connectivity index is 2.81. The Bertz CT molecular complexity index is 384. The first-order valence-corrected chi connectivity index (χ1v) is 5.64. The number of nitrogens with two attached hydrogens (primary N) is 2. The molecule has 0 fully saturated rings. The number of para-hydroxylation sites is 1. The maximum atomic E-state index is 11.0. The van der Waals surface area contributed by atoms with Crippen LogP contribution in [0.1, 0.15) is 10.4 Å². The van der Waals surface area contributed by atoms with Crippen molar-refractivity contribution in [2.45, 2.75) is 11.0 Å². The first-order chi connectivity index (χ1) is 7.56. The minimum atomic E-state index is -0.804. The average Bonchev–Trinajstić information content (AvgIpc) is 2.26. The van der Waals surface area contributed by atoms with Crippen molar-refractivity contribution in [1.82, 2.24) is 0 Å². The number of rotatable bonds is 5. The van der Waals surface area contributed by atoms with Gasteiger partial charge in [-0.3, -0.25) is 4.79 Å². The molecule has 0 aliphatic rings. The van der Waals surface area contributed by atoms with E-state index in [9.17, 15) is 9.90 Å². The van der Waals surface area contributed by atoms with Crippen LogP contribution in [0.5, 0.6) is 0 Å². The van der Waals surface area contributed by atoms with E-state index in [4.69, 9.17) is 16.6 Å². The predicted molar refractivity (Wildman–Crippen MR) is 63.2 cm³/mol. The van der Waals surface area contributed by atoms with Crippen LogP contribution in [0.4, 0.5) is 5.69 Å². The van der Waals surface area contributed by atoms with E-state index in [2.05, 4.69) is 0 Å². The van der Waals surface area contributed by atoms with Crippen LogP contribution < -0.4 is 11.5 Å². The topological polar surface area (TPSA) is 110 Å². The van der Waals surface area contributed by atoms with E-state index in [1.165, 1.54) is 11.8 Å². The van der Waals surface area contributed by atoms with Gasteiger partial charge in [-0.2, -0.15) is 0 Å². The third-order valence-electron chi connectivity index (χ3n) is 1.97. The summed E-state index contributed by atoms with van der Waals surface area (Å²) in [4.78, 5) is 11.7. The van der Waals surface area contributed by atoms with Crippen molar-refractivity contribution in [3.05, 3.63) is 23.8 Å². The number of hydrogen-bond acceptors (Lipinski definition) is 5. The van der Waals surface area contributed by atoms with Crippen molar-refractivity contribution < 1.29 is 15.0 Å². The Morgan fingerprint density at radius 3 is 2.75 bits per heavy atom. The molecule has 1 atom stereocenters. The number of anilines is 1. The molecule has 0 aliphatic carbocycles. The zero-order valence-corrected chi connectivity index (χ0v) is 9.41. The van der Waals surface area contributed by atoms with Gasteiger partial charge in [0.1, 0.15) is 0 Å². The van der Waals surface area contributed by atoms with Gasteiger partial charge in [0.15, 0.2) is 0 Å². The van der Waals surface area contributed by atoms with Gasteiger partial charge in [0, 0.05) is 10.6 Å². The molecule has 88 valence electrons. The average molecular weight is 242 g/mol. The molecule has 0 radical (unpaired) electrons. The summed E-state index contributed by atoms with van der Waals surface area (Å²) >= 11 is 1.27. The summed E-state index contributed by atoms with van der Waals surface area (Å²) in [6, 6.07) is 4.95. The van der Waals surface area contributed by atoms with Gasteiger partial charge in [-0.1, -0.05) is 6.07 Å². The number of carbonyl (C=O) groups excluding carboxylic acids is 1. The summed E-state index contributed by atoms with van der Waals surface area (Å²) in [5.74, 6) is -0.272. The van der Waals surface area contributed by atoms with Crippen molar-refractivity contribution in [2.75, 3.05) is 18.1 Å². The molecular formula is C10H14N2O3S. The second kappa shape index (κ2) is 5.74. The highest BCUT2D eigenvalue weighted by atomic mass is 32.2. The summed E-state index contributed by atoms with van der Waals surface area (Å²) in [5, 5.41) is 17.8. The molecule has 0 heterocycles. The molecule has 1 unspecified atom stereocenters. The van der Waals surface area contributed by atoms with E-state index in [0.29, 0.717) is 16.3 Å². The van der Waals surface area contributed by atoms with Crippen molar-refractivity contribution in [3.63, 3.8) is 0 Å². The van der Waals surface area contributed by atoms with E-state index in [0.717, 1.165) is 0 Å². The Labute approximate surface area is 97.4 Å². The minimum Gasteiger partial charge on any atom is -0.397 e. The van der Waals surface area contributed by atoms with Crippen molar-refractivity contribution in [1.29, 1.82) is 0 Å². The summed E-state index contributed by atoms with van der Waals surface area (Å²) in [6.07, 6.45) is -0.804. The zero-order valence-electron chi connectivity index (χ0n) is 8.59. The summed E-state index contributed by atoms with van der Waals surface area (Å²) in [6.45, 7) is -0.303. The molecule has 1 amide bonds. The van der Waals surface area contributed by atoms with Gasteiger partial charge in [0.2, 0.25) is 0 Å². The van der Waals surface area contributed by atoms with Gasteiger partial charge in [-0.25, -0.2) is 0 Å². The second-order valence-corrected chi connectivity index (χ2v) is 4.29. The highest BCUT2D eigenvalue weighted by Gasteiger charge is 2.11. The van der Waals surface area contributed by atoms with Crippen LogP contribution in [-0.4, -0.2) is 34.6 Å². The Hall–Kier alpha value is -1.24. The monoisotopic (exact) mass is 242 g/mol. The van der Waals surface area contributed by atoms with Gasteiger partial charge < -0.3 is 21.7 Å². The van der Waals surface area contributed by atoms with Crippen LogP contribution >= 0.6 is 11.8 Å². The lowest BCUT2D eigenvalue weighted by Gasteiger charge is -2.10. The minimum absolute atomic E-state index is 0.267. The molecule has 6 heteroatoms. The van der Waals surface area contributed by atoms with Crippen molar-refractivity contribution >= 4 is 23.4 Å². The number of nitrogen functional groups attached to an aromatic ring is 1. The van der Waals surface area contributed by atoms with E-state index >= 15 is 0 Å². The highest BCUT2D eigenvalue weighted by Crippen LogP contribution is 2.28. The maximum Gasteiger partial charge on any atom is 0.250 e. The third kappa shape index (κ3) is 3.13. The highest BCUT2D eigenvalue weighted by molar-refractivity contribution is 7.99. The lowest BCUT2D eigenvalue weighted by Crippen LogP contribution is -2.16. The molecule has 6 N–H and O–H groups in total. The second-order valence-electron chi connectivity index (χ2n) is 3.23. The normalized spacial score (nSPS) is 12.4. The van der Waals surface area contributed by atoms with Crippen LogP contribution in [0.2, 0.25) is 0 Å². The summed E-state index contributed by atoms with van der Waals surface area (Å²) in [5.41, 5.74) is 11.5. The van der Waals surface area contributed by atoms with Gasteiger partial charge in [0.05, 0.1) is 24.0 Å². The van der Waals surface area contributed by atoms with Crippen molar-refractivity contribution in [3.8, 4) is 0 Å². The maximum absolute atomic E-state index is 11.0. The van der Waals surface area contributed by atoms with E-state index < -0.39 is 12.0 Å². The first kappa shape index (κ1) is 12.8. The molecule has 1 rings (SSSR count). The van der Waals surface area contributed by atoms with E-state index in [1.54, 1.807) is 18.2 Å². The lowest BCUT2D eigenvalue weighted by molar-refractivity contribution is 0.100. The van der Waals surface area contributed by atoms with Crippen LogP contribution in [0.3, 0.4) is 0 Å². The zero-order chi connectivity index (χ0) is 12.1. The third-order valence-corrected chi connectivity index (χ3v) is 3.19. The Kier molecular flexibility index (Phi) is 4.60. The fourth-order valence-corrected chi connectivity index (χ4v) is 2.04. The Morgan fingerprint density at radius 2 is 2.19 bits per heavy atom. The molecule has 0 spiro atoms. The standard InChI is InChI=1S/C10H14N2O3S/c11-9-7(10(12)15)2-1-3-8(9)16-5-6(14)4-13/h1-3,6,13-14H,4-5,11H2,(H2,12,15). The van der Waals surface area contributed by atoms with Gasteiger partial charge in [-0.05, 0) is 12.1 Å². The molecule has 0 aliphatic heterocycles. The first-order valence-electron chi connectivity index (χ1n) is 4.66. The molecule has 1 aromatic rings. The van der Waals surface area contributed by atoms with Crippen molar-refractivity contribution in [2.24, 2.45) is 5.73 Å². The van der Waals surface area contributed by atoms with Crippen LogP contribution in [0.25, 0.3) is 0 Å². The van der Waals surface area contributed by atoms with Crippen LogP contribution in [-0.2, 0) is 0 Å². The predicted octanol–water partition coefficient (Wildman–Crippen LogP) is -0.187. The SMILES string of the molecule is NC(=O)c1cccc(SCC(O)CO)c1N. The molecule has 0 saturated heterocycles. The number of amides is 1. The van der Waals surface area contributed by atoms with Gasteiger partial charge in [0.25, 0.3) is 5.91 Å². The molecular weight excluding hydrogens is 228 g/mol. The number of hydrogen-bond donors (Lipinski definition) is 4. The van der Waals surface area contributed by atoms with Gasteiger partial charge >= 0.3 is 0 Å². The quantitative estimate of drug-likeness (QED) is 0.423. The smallest absolute Gasteiger partial charge is 0.250 e. The fourth-order valence-electron chi connectivity index (χ4n) is 1.12. The number of thioether (sulfide) groups is 1. The molecule has 0 saturated carbocycles. The van der Waals surface area contributed by atoms with Gasteiger partial charge in [-0.15, -0.1) is 11.8 Å². The summed E-state index contributed by atoms with van der Waals surface area (Å²) < 4.78 is 0. The molecule has 5 nitrogen and oxygen atoms in total.